The molecule has 124 valence electrons. The average molecular weight is 343 g/mol. The molecule has 2 aromatic heterocycles. The molecular weight excluding hydrogens is 326 g/mol. The van der Waals surface area contributed by atoms with Gasteiger partial charge in [-0.3, -0.25) is 0 Å². The Bertz CT molecular complexity index is 800. The summed E-state index contributed by atoms with van der Waals surface area (Å²) < 4.78 is 7.64. The molecule has 0 aliphatic carbocycles. The van der Waals surface area contributed by atoms with Crippen LogP contribution < -0.4 is 0 Å². The van der Waals surface area contributed by atoms with Gasteiger partial charge in [0.1, 0.15) is 18.8 Å². The van der Waals surface area contributed by atoms with Crippen LogP contribution in [-0.2, 0) is 11.3 Å². The maximum absolute atomic E-state index is 11.0. The molecule has 7 heteroatoms. The minimum Gasteiger partial charge on any atom is -0.364 e. The van der Waals surface area contributed by atoms with Crippen LogP contribution in [0.25, 0.3) is 0 Å². The van der Waals surface area contributed by atoms with Gasteiger partial charge in [-0.25, -0.2) is 9.55 Å². The molecule has 0 saturated heterocycles. The molecule has 0 fully saturated rings. The maximum atomic E-state index is 11.0. The summed E-state index contributed by atoms with van der Waals surface area (Å²) in [5.74, 6) is 0.598. The summed E-state index contributed by atoms with van der Waals surface area (Å²) in [6, 6.07) is 14.0. The number of imidazole rings is 1. The predicted octanol–water partition coefficient (Wildman–Crippen LogP) is 3.97. The summed E-state index contributed by atoms with van der Waals surface area (Å²) in [6.07, 6.45) is 1.11. The molecule has 1 atom stereocenters. The van der Waals surface area contributed by atoms with Gasteiger partial charge in [-0.2, -0.15) is 0 Å². The standard InChI is InChI=1S/C17H17N3O3S/c1-13-18-12-16(20(21)22)19(13)9-10-23-17(15-8-5-11-24-15)14-6-3-2-4-7-14/h2-8,11-12,17H,9-10H2,1H3. The molecule has 6 nitrogen and oxygen atoms in total. The molecule has 0 aliphatic rings. The number of nitrogens with zero attached hydrogens (tertiary/aromatic N) is 3. The molecule has 0 spiro atoms. The Morgan fingerprint density at radius 1 is 1.29 bits per heavy atom. The quantitative estimate of drug-likeness (QED) is 0.481. The highest BCUT2D eigenvalue weighted by Gasteiger charge is 2.19. The number of nitro groups is 1. The third kappa shape index (κ3) is 3.52. The molecule has 3 aromatic rings. The van der Waals surface area contributed by atoms with Crippen molar-refractivity contribution in [1.82, 2.24) is 9.55 Å². The van der Waals surface area contributed by atoms with E-state index in [1.165, 1.54) is 6.20 Å². The highest BCUT2D eigenvalue weighted by atomic mass is 32.1. The monoisotopic (exact) mass is 343 g/mol. The van der Waals surface area contributed by atoms with Crippen LogP contribution in [0.15, 0.2) is 54.0 Å². The van der Waals surface area contributed by atoms with Crippen LogP contribution in [0.2, 0.25) is 0 Å². The van der Waals surface area contributed by atoms with E-state index in [0.717, 1.165) is 10.4 Å². The van der Waals surface area contributed by atoms with Gasteiger partial charge in [0.05, 0.1) is 6.61 Å². The Labute approximate surface area is 143 Å². The Kier molecular flexibility index (Phi) is 5.02. The van der Waals surface area contributed by atoms with E-state index in [1.54, 1.807) is 22.8 Å². The van der Waals surface area contributed by atoms with Crippen LogP contribution in [-0.4, -0.2) is 21.1 Å². The largest absolute Gasteiger partial charge is 0.364 e. The molecule has 0 bridgehead atoms. The van der Waals surface area contributed by atoms with E-state index in [9.17, 15) is 10.1 Å². The first-order valence-electron chi connectivity index (χ1n) is 7.53. The number of benzene rings is 1. The lowest BCUT2D eigenvalue weighted by Crippen LogP contribution is -2.13. The fourth-order valence-electron chi connectivity index (χ4n) is 2.55. The van der Waals surface area contributed by atoms with Crippen molar-refractivity contribution in [3.63, 3.8) is 0 Å². The Morgan fingerprint density at radius 3 is 2.75 bits per heavy atom. The number of hydrogen-bond donors (Lipinski definition) is 0. The van der Waals surface area contributed by atoms with Gasteiger partial charge in [0.15, 0.2) is 5.82 Å². The van der Waals surface area contributed by atoms with Crippen molar-refractivity contribution in [3.05, 3.63) is 80.4 Å². The molecule has 2 heterocycles. The molecular formula is C17H17N3O3S. The number of aromatic nitrogens is 2. The van der Waals surface area contributed by atoms with Crippen LogP contribution >= 0.6 is 11.3 Å². The zero-order chi connectivity index (χ0) is 16.9. The van der Waals surface area contributed by atoms with Crippen LogP contribution in [0.4, 0.5) is 5.82 Å². The van der Waals surface area contributed by atoms with Crippen molar-refractivity contribution in [2.45, 2.75) is 19.6 Å². The predicted molar refractivity (Wildman–Crippen MR) is 92.2 cm³/mol. The van der Waals surface area contributed by atoms with Crippen molar-refractivity contribution >= 4 is 17.2 Å². The van der Waals surface area contributed by atoms with E-state index in [2.05, 4.69) is 4.98 Å². The number of hydrogen-bond acceptors (Lipinski definition) is 5. The van der Waals surface area contributed by atoms with Gasteiger partial charge in [-0.1, -0.05) is 36.4 Å². The van der Waals surface area contributed by atoms with Crippen molar-refractivity contribution < 1.29 is 9.66 Å². The summed E-state index contributed by atoms with van der Waals surface area (Å²) in [5.41, 5.74) is 1.07. The van der Waals surface area contributed by atoms with E-state index in [1.807, 2.05) is 47.8 Å². The van der Waals surface area contributed by atoms with E-state index >= 15 is 0 Å². The second-order valence-electron chi connectivity index (χ2n) is 5.25. The minimum absolute atomic E-state index is 0.0107. The zero-order valence-electron chi connectivity index (χ0n) is 13.2. The molecule has 0 saturated carbocycles. The SMILES string of the molecule is Cc1ncc([N+](=O)[O-])n1CCOC(c1ccccc1)c1cccs1. The van der Waals surface area contributed by atoms with Crippen molar-refractivity contribution in [3.8, 4) is 0 Å². The fraction of sp³-hybridized carbons (Fsp3) is 0.235. The third-order valence-electron chi connectivity index (χ3n) is 3.72. The maximum Gasteiger partial charge on any atom is 0.342 e. The van der Waals surface area contributed by atoms with Crippen molar-refractivity contribution in [1.29, 1.82) is 0 Å². The second-order valence-corrected chi connectivity index (χ2v) is 6.23. The van der Waals surface area contributed by atoms with Crippen LogP contribution in [0.1, 0.15) is 22.4 Å². The highest BCUT2D eigenvalue weighted by molar-refractivity contribution is 7.10. The molecule has 0 amide bonds. The normalized spacial score (nSPS) is 12.2. The minimum atomic E-state index is -0.423. The van der Waals surface area contributed by atoms with E-state index < -0.39 is 4.92 Å². The Hall–Kier alpha value is -2.51. The Morgan fingerprint density at radius 2 is 2.08 bits per heavy atom. The number of rotatable bonds is 7. The molecule has 0 radical (unpaired) electrons. The average Bonchev–Trinajstić information content (AvgIpc) is 3.23. The van der Waals surface area contributed by atoms with Crippen molar-refractivity contribution in [2.75, 3.05) is 6.61 Å². The first kappa shape index (κ1) is 16.4. The lowest BCUT2D eigenvalue weighted by Gasteiger charge is -2.17. The number of thiophene rings is 1. The van der Waals surface area contributed by atoms with Gasteiger partial charge in [0.2, 0.25) is 0 Å². The van der Waals surface area contributed by atoms with E-state index in [0.29, 0.717) is 19.0 Å². The van der Waals surface area contributed by atoms with Gasteiger partial charge in [0, 0.05) is 11.8 Å². The van der Waals surface area contributed by atoms with E-state index in [-0.39, 0.29) is 11.9 Å². The molecule has 0 aliphatic heterocycles. The summed E-state index contributed by atoms with van der Waals surface area (Å²) >= 11 is 1.63. The van der Waals surface area contributed by atoms with Gasteiger partial charge < -0.3 is 14.9 Å². The smallest absolute Gasteiger partial charge is 0.342 e. The third-order valence-corrected chi connectivity index (χ3v) is 4.64. The van der Waals surface area contributed by atoms with Gasteiger partial charge in [-0.05, 0) is 21.9 Å². The summed E-state index contributed by atoms with van der Waals surface area (Å²) in [6.45, 7) is 2.49. The van der Waals surface area contributed by atoms with Crippen LogP contribution in [0.5, 0.6) is 0 Å². The summed E-state index contributed by atoms with van der Waals surface area (Å²) in [4.78, 5) is 15.7. The van der Waals surface area contributed by atoms with Crippen LogP contribution in [0, 0.1) is 17.0 Å². The summed E-state index contributed by atoms with van der Waals surface area (Å²) in [7, 11) is 0. The first-order valence-corrected chi connectivity index (χ1v) is 8.41. The van der Waals surface area contributed by atoms with Gasteiger partial charge in [-0.15, -0.1) is 11.3 Å². The highest BCUT2D eigenvalue weighted by Crippen LogP contribution is 2.29. The molecule has 0 N–H and O–H groups in total. The first-order chi connectivity index (χ1) is 11.7. The zero-order valence-corrected chi connectivity index (χ0v) is 14.0. The lowest BCUT2D eigenvalue weighted by atomic mass is 10.1. The van der Waals surface area contributed by atoms with Crippen LogP contribution in [0.3, 0.4) is 0 Å². The molecule has 1 aromatic carbocycles. The topological polar surface area (TPSA) is 70.2 Å². The molecule has 3 rings (SSSR count). The van der Waals surface area contributed by atoms with E-state index in [4.69, 9.17) is 4.74 Å². The fourth-order valence-corrected chi connectivity index (χ4v) is 3.35. The molecule has 1 unspecified atom stereocenters. The molecule has 24 heavy (non-hydrogen) atoms. The summed E-state index contributed by atoms with van der Waals surface area (Å²) in [5, 5.41) is 13.1. The lowest BCUT2D eigenvalue weighted by molar-refractivity contribution is -0.392. The van der Waals surface area contributed by atoms with Gasteiger partial charge in [0.25, 0.3) is 0 Å². The number of ether oxygens (including phenoxy) is 1. The number of aryl methyl sites for hydroxylation is 1. The van der Waals surface area contributed by atoms with Gasteiger partial charge >= 0.3 is 5.82 Å². The second kappa shape index (κ2) is 7.37. The van der Waals surface area contributed by atoms with Crippen molar-refractivity contribution in [2.24, 2.45) is 0 Å². The Balaban J connectivity index is 1.74.